The van der Waals surface area contributed by atoms with Gasteiger partial charge in [0.15, 0.2) is 0 Å². The van der Waals surface area contributed by atoms with Crippen molar-refractivity contribution >= 4 is 24.2 Å². The third-order valence-corrected chi connectivity index (χ3v) is 6.81. The highest BCUT2D eigenvalue weighted by atomic mass is 16.7. The van der Waals surface area contributed by atoms with Crippen molar-refractivity contribution in [2.75, 3.05) is 26.2 Å². The average molecular weight is 618 g/mol. The van der Waals surface area contributed by atoms with E-state index in [-0.39, 0.29) is 44.4 Å². The van der Waals surface area contributed by atoms with Gasteiger partial charge in [-0.2, -0.15) is 0 Å². The first-order chi connectivity index (χ1) is 21.6. The van der Waals surface area contributed by atoms with Crippen LogP contribution in [-0.2, 0) is 38.6 Å². The van der Waals surface area contributed by atoms with E-state index in [1.54, 1.807) is 54.8 Å². The maximum Gasteiger partial charge on any atom is 0.514 e. The molecule has 1 N–H and O–H groups in total. The van der Waals surface area contributed by atoms with Gasteiger partial charge in [-0.1, -0.05) is 72.8 Å². The summed E-state index contributed by atoms with van der Waals surface area (Å²) in [7, 11) is 0. The second-order valence-corrected chi connectivity index (χ2v) is 11.5. The largest absolute Gasteiger partial charge is 0.514 e. The molecule has 11 heteroatoms. The zero-order valence-corrected chi connectivity index (χ0v) is 25.8. The number of ether oxygens (including phenoxy) is 4. The van der Waals surface area contributed by atoms with Crippen LogP contribution in [0.25, 0.3) is 0 Å². The molecule has 45 heavy (non-hydrogen) atoms. The second kappa shape index (κ2) is 15.6. The van der Waals surface area contributed by atoms with E-state index in [9.17, 15) is 19.2 Å². The Morgan fingerprint density at radius 2 is 1.24 bits per heavy atom. The molecular formula is C34H39N3O8. The van der Waals surface area contributed by atoms with Gasteiger partial charge in [0.05, 0.1) is 0 Å². The van der Waals surface area contributed by atoms with E-state index in [1.807, 2.05) is 60.7 Å². The third kappa shape index (κ3) is 10.9. The van der Waals surface area contributed by atoms with Crippen LogP contribution in [0.5, 0.6) is 5.75 Å². The van der Waals surface area contributed by atoms with Crippen LogP contribution in [0.15, 0.2) is 84.9 Å². The summed E-state index contributed by atoms with van der Waals surface area (Å²) in [4.78, 5) is 54.2. The first kappa shape index (κ1) is 32.8. The number of nitrogens with one attached hydrogen (secondary N) is 1. The molecule has 0 aliphatic carbocycles. The Morgan fingerprint density at radius 3 is 1.80 bits per heavy atom. The molecule has 238 valence electrons. The molecule has 3 amide bonds. The number of carbonyl (C=O) groups is 4. The zero-order valence-electron chi connectivity index (χ0n) is 25.8. The van der Waals surface area contributed by atoms with E-state index < -0.39 is 30.0 Å². The van der Waals surface area contributed by atoms with E-state index >= 15 is 0 Å². The Hall–Kier alpha value is -5.06. The van der Waals surface area contributed by atoms with Crippen molar-refractivity contribution in [2.45, 2.75) is 52.0 Å². The molecule has 0 bridgehead atoms. The predicted octanol–water partition coefficient (Wildman–Crippen LogP) is 5.32. The summed E-state index contributed by atoms with van der Waals surface area (Å²) in [5.74, 6) is -0.0338. The highest BCUT2D eigenvalue weighted by molar-refractivity contribution is 5.86. The fraction of sp³-hybridized carbons (Fsp3) is 0.353. The normalized spacial score (nSPS) is 13.8. The standard InChI is InChI=1S/C34H39N3O8/c1-34(2,3)45-32(40)37-20-18-36(19-21-37)30(38)29(35-31(39)42-23-26-10-6-4-7-11-26)22-25-14-16-28(17-15-25)44-33(41)43-24-27-12-8-5-9-13-27/h4-17,29H,18-24H2,1-3H3,(H,35,39)/t29-/m0/s1. The smallest absolute Gasteiger partial charge is 0.445 e. The predicted molar refractivity (Wildman–Crippen MR) is 165 cm³/mol. The van der Waals surface area contributed by atoms with Gasteiger partial charge in [-0.3, -0.25) is 4.79 Å². The molecule has 0 unspecified atom stereocenters. The topological polar surface area (TPSA) is 124 Å². The van der Waals surface area contributed by atoms with Gasteiger partial charge in [0.1, 0.15) is 30.6 Å². The monoisotopic (exact) mass is 617 g/mol. The van der Waals surface area contributed by atoms with Gasteiger partial charge in [0.25, 0.3) is 0 Å². The minimum atomic E-state index is -0.941. The van der Waals surface area contributed by atoms with Crippen molar-refractivity contribution < 1.29 is 38.1 Å². The molecule has 1 atom stereocenters. The maximum absolute atomic E-state index is 13.7. The van der Waals surface area contributed by atoms with E-state index in [2.05, 4.69) is 5.32 Å². The Labute approximate surface area is 263 Å². The minimum absolute atomic E-state index is 0.0502. The lowest BCUT2D eigenvalue weighted by Crippen LogP contribution is -2.56. The highest BCUT2D eigenvalue weighted by Crippen LogP contribution is 2.17. The fourth-order valence-corrected chi connectivity index (χ4v) is 4.53. The summed E-state index contributed by atoms with van der Waals surface area (Å²) in [5.41, 5.74) is 1.74. The Balaban J connectivity index is 1.36. The number of piperazine rings is 1. The number of rotatable bonds is 9. The number of carbonyl (C=O) groups excluding carboxylic acids is 4. The van der Waals surface area contributed by atoms with Crippen LogP contribution in [0, 0.1) is 0 Å². The second-order valence-electron chi connectivity index (χ2n) is 11.5. The molecule has 1 aliphatic heterocycles. The van der Waals surface area contributed by atoms with Gasteiger partial charge in [-0.05, 0) is 49.6 Å². The first-order valence-electron chi connectivity index (χ1n) is 14.8. The molecule has 1 saturated heterocycles. The minimum Gasteiger partial charge on any atom is -0.445 e. The molecule has 0 saturated carbocycles. The molecule has 3 aromatic carbocycles. The lowest BCUT2D eigenvalue weighted by Gasteiger charge is -2.37. The van der Waals surface area contributed by atoms with E-state index in [0.29, 0.717) is 18.7 Å². The van der Waals surface area contributed by atoms with Crippen molar-refractivity contribution in [3.05, 3.63) is 102 Å². The Bertz CT molecular complexity index is 1420. The molecule has 0 spiro atoms. The fourth-order valence-electron chi connectivity index (χ4n) is 4.53. The number of nitrogens with zero attached hydrogens (tertiary/aromatic N) is 2. The third-order valence-electron chi connectivity index (χ3n) is 6.81. The zero-order chi connectivity index (χ0) is 32.2. The van der Waals surface area contributed by atoms with Gasteiger partial charge in [0, 0.05) is 32.6 Å². The molecule has 11 nitrogen and oxygen atoms in total. The maximum atomic E-state index is 13.7. The molecular weight excluding hydrogens is 578 g/mol. The molecule has 0 radical (unpaired) electrons. The number of alkyl carbamates (subject to hydrolysis) is 1. The molecule has 4 rings (SSSR count). The van der Waals surface area contributed by atoms with Gasteiger partial charge in [-0.25, -0.2) is 14.4 Å². The quantitative estimate of drug-likeness (QED) is 0.195. The van der Waals surface area contributed by atoms with Crippen LogP contribution in [0.1, 0.15) is 37.5 Å². The van der Waals surface area contributed by atoms with Crippen LogP contribution in [0.2, 0.25) is 0 Å². The molecule has 3 aromatic rings. The van der Waals surface area contributed by atoms with Crippen LogP contribution in [0.3, 0.4) is 0 Å². The van der Waals surface area contributed by atoms with Crippen molar-refractivity contribution in [1.82, 2.24) is 15.1 Å². The Morgan fingerprint density at radius 1 is 0.711 bits per heavy atom. The summed E-state index contributed by atoms with van der Waals surface area (Å²) in [5, 5.41) is 2.71. The summed E-state index contributed by atoms with van der Waals surface area (Å²) in [6, 6.07) is 24.1. The van der Waals surface area contributed by atoms with Gasteiger partial charge in [-0.15, -0.1) is 0 Å². The summed E-state index contributed by atoms with van der Waals surface area (Å²) in [6.07, 6.45) is -1.84. The SMILES string of the molecule is CC(C)(C)OC(=O)N1CCN(C(=O)[C@H](Cc2ccc(OC(=O)OCc3ccccc3)cc2)NC(=O)OCc2ccccc2)CC1. The number of hydrogen-bond donors (Lipinski definition) is 1. The lowest BCUT2D eigenvalue weighted by molar-refractivity contribution is -0.135. The van der Waals surface area contributed by atoms with Crippen molar-refractivity contribution in [3.8, 4) is 5.75 Å². The lowest BCUT2D eigenvalue weighted by atomic mass is 10.0. The van der Waals surface area contributed by atoms with Crippen molar-refractivity contribution in [2.24, 2.45) is 0 Å². The summed E-state index contributed by atoms with van der Waals surface area (Å²) in [6.45, 7) is 6.71. The van der Waals surface area contributed by atoms with Gasteiger partial charge in [0.2, 0.25) is 5.91 Å². The van der Waals surface area contributed by atoms with E-state index in [1.165, 1.54) is 0 Å². The van der Waals surface area contributed by atoms with Crippen LogP contribution in [-0.4, -0.2) is 71.9 Å². The summed E-state index contributed by atoms with van der Waals surface area (Å²) >= 11 is 0. The molecule has 0 aromatic heterocycles. The van der Waals surface area contributed by atoms with E-state index in [0.717, 1.165) is 11.1 Å². The van der Waals surface area contributed by atoms with E-state index in [4.69, 9.17) is 18.9 Å². The average Bonchev–Trinajstić information content (AvgIpc) is 3.03. The number of hydrogen-bond acceptors (Lipinski definition) is 8. The van der Waals surface area contributed by atoms with Gasteiger partial charge >= 0.3 is 18.3 Å². The number of amides is 3. The first-order valence-corrected chi connectivity index (χ1v) is 14.8. The van der Waals surface area contributed by atoms with Crippen LogP contribution in [0.4, 0.5) is 14.4 Å². The highest BCUT2D eigenvalue weighted by Gasteiger charge is 2.32. The van der Waals surface area contributed by atoms with Crippen LogP contribution >= 0.6 is 0 Å². The van der Waals surface area contributed by atoms with Crippen molar-refractivity contribution in [3.63, 3.8) is 0 Å². The molecule has 1 heterocycles. The Kier molecular flexibility index (Phi) is 11.4. The number of benzene rings is 3. The molecule has 1 aliphatic rings. The van der Waals surface area contributed by atoms with Crippen LogP contribution < -0.4 is 10.1 Å². The van der Waals surface area contributed by atoms with Gasteiger partial charge < -0.3 is 34.1 Å². The van der Waals surface area contributed by atoms with Crippen molar-refractivity contribution in [1.29, 1.82) is 0 Å². The molecule has 1 fully saturated rings. The summed E-state index contributed by atoms with van der Waals surface area (Å²) < 4.78 is 21.3.